The molecule has 0 amide bonds. The Labute approximate surface area is 117 Å². The number of benzene rings is 2. The molecular formula is C16H16N2O2. The molecule has 0 aliphatic rings. The van der Waals surface area contributed by atoms with Crippen molar-refractivity contribution in [3.63, 3.8) is 0 Å². The van der Waals surface area contributed by atoms with Gasteiger partial charge in [-0.1, -0.05) is 24.3 Å². The molecule has 0 aliphatic carbocycles. The zero-order chi connectivity index (χ0) is 14.7. The molecule has 0 spiro atoms. The fourth-order valence-electron chi connectivity index (χ4n) is 2.32. The van der Waals surface area contributed by atoms with E-state index >= 15 is 0 Å². The van der Waals surface area contributed by atoms with Crippen molar-refractivity contribution in [2.24, 2.45) is 0 Å². The highest BCUT2D eigenvalue weighted by molar-refractivity contribution is 5.98. The maximum absolute atomic E-state index is 11.1. The number of carboxylic acids is 1. The zero-order valence-electron chi connectivity index (χ0n) is 11.5. The minimum absolute atomic E-state index is 0.0578. The third-order valence-electron chi connectivity index (χ3n) is 3.26. The molecular weight excluding hydrogens is 252 g/mol. The monoisotopic (exact) mass is 268 g/mol. The van der Waals surface area contributed by atoms with Crippen molar-refractivity contribution in [1.82, 2.24) is 0 Å². The third kappa shape index (κ3) is 2.57. The molecule has 0 saturated heterocycles. The Morgan fingerprint density at radius 2 is 1.90 bits per heavy atom. The van der Waals surface area contributed by atoms with E-state index in [9.17, 15) is 4.79 Å². The highest BCUT2D eigenvalue weighted by Gasteiger charge is 2.17. The molecule has 2 rings (SSSR count). The van der Waals surface area contributed by atoms with Crippen LogP contribution in [-0.2, 0) is 4.79 Å². The number of hydrogen-bond acceptors (Lipinski definition) is 3. The highest BCUT2D eigenvalue weighted by Crippen LogP contribution is 2.30. The van der Waals surface area contributed by atoms with Crippen LogP contribution in [0.3, 0.4) is 0 Å². The van der Waals surface area contributed by atoms with Crippen LogP contribution in [0, 0.1) is 11.3 Å². The van der Waals surface area contributed by atoms with Crippen LogP contribution in [0.15, 0.2) is 36.4 Å². The summed E-state index contributed by atoms with van der Waals surface area (Å²) >= 11 is 0. The topological polar surface area (TPSA) is 64.3 Å². The molecule has 0 aliphatic heterocycles. The minimum Gasteiger partial charge on any atom is -0.480 e. The Bertz CT molecular complexity index is 686. The van der Waals surface area contributed by atoms with E-state index in [1.54, 1.807) is 6.07 Å². The second-order valence-electron chi connectivity index (χ2n) is 4.91. The Morgan fingerprint density at radius 1 is 1.25 bits per heavy atom. The van der Waals surface area contributed by atoms with Gasteiger partial charge in [-0.3, -0.25) is 4.79 Å². The Kier molecular flexibility index (Phi) is 3.90. The zero-order valence-corrected chi connectivity index (χ0v) is 11.5. The molecule has 0 fully saturated rings. The van der Waals surface area contributed by atoms with Gasteiger partial charge in [0.25, 0.3) is 0 Å². The third-order valence-corrected chi connectivity index (χ3v) is 3.26. The number of anilines is 1. The van der Waals surface area contributed by atoms with Crippen LogP contribution in [0.2, 0.25) is 0 Å². The summed E-state index contributed by atoms with van der Waals surface area (Å²) in [7, 11) is 0. The second-order valence-corrected chi connectivity index (χ2v) is 4.91. The van der Waals surface area contributed by atoms with Crippen LogP contribution in [0.25, 0.3) is 10.8 Å². The molecule has 4 nitrogen and oxygen atoms in total. The van der Waals surface area contributed by atoms with Gasteiger partial charge in [0.15, 0.2) is 0 Å². The number of carbonyl (C=O) groups is 1. The highest BCUT2D eigenvalue weighted by atomic mass is 16.4. The van der Waals surface area contributed by atoms with E-state index < -0.39 is 5.97 Å². The Hall–Kier alpha value is -2.54. The first-order valence-corrected chi connectivity index (χ1v) is 6.45. The average molecular weight is 268 g/mol. The van der Waals surface area contributed by atoms with Crippen LogP contribution in [0.4, 0.5) is 5.69 Å². The fourth-order valence-corrected chi connectivity index (χ4v) is 2.32. The van der Waals surface area contributed by atoms with Gasteiger partial charge in [-0.15, -0.1) is 0 Å². The minimum atomic E-state index is -0.868. The maximum Gasteiger partial charge on any atom is 0.323 e. The lowest BCUT2D eigenvalue weighted by Crippen LogP contribution is -2.35. The van der Waals surface area contributed by atoms with Gasteiger partial charge in [-0.2, -0.15) is 5.26 Å². The number of rotatable bonds is 4. The number of hydrogen-bond donors (Lipinski definition) is 1. The first kappa shape index (κ1) is 13.9. The molecule has 1 N–H and O–H groups in total. The predicted molar refractivity (Wildman–Crippen MR) is 78.8 cm³/mol. The summed E-state index contributed by atoms with van der Waals surface area (Å²) < 4.78 is 0. The van der Waals surface area contributed by atoms with Gasteiger partial charge in [0, 0.05) is 22.5 Å². The van der Waals surface area contributed by atoms with Crippen LogP contribution in [0.5, 0.6) is 0 Å². The first-order valence-electron chi connectivity index (χ1n) is 6.45. The molecule has 0 heterocycles. The molecule has 102 valence electrons. The van der Waals surface area contributed by atoms with Crippen molar-refractivity contribution in [1.29, 1.82) is 5.26 Å². The summed E-state index contributed by atoms with van der Waals surface area (Å²) in [6.07, 6.45) is 0. The summed E-state index contributed by atoms with van der Waals surface area (Å²) in [5.74, 6) is -0.868. The lowest BCUT2D eigenvalue weighted by atomic mass is 10.0. The largest absolute Gasteiger partial charge is 0.480 e. The maximum atomic E-state index is 11.1. The molecule has 0 unspecified atom stereocenters. The summed E-state index contributed by atoms with van der Waals surface area (Å²) in [5, 5.41) is 20.0. The van der Waals surface area contributed by atoms with Crippen LogP contribution in [-0.4, -0.2) is 23.7 Å². The van der Waals surface area contributed by atoms with Crippen molar-refractivity contribution in [3.05, 3.63) is 42.0 Å². The first-order chi connectivity index (χ1) is 9.54. The summed E-state index contributed by atoms with van der Waals surface area (Å²) in [6.45, 7) is 3.85. The van der Waals surface area contributed by atoms with Crippen molar-refractivity contribution in [2.75, 3.05) is 11.4 Å². The lowest BCUT2D eigenvalue weighted by molar-refractivity contribution is -0.135. The quantitative estimate of drug-likeness (QED) is 0.925. The van der Waals surface area contributed by atoms with Crippen LogP contribution in [0.1, 0.15) is 19.4 Å². The Balaban J connectivity index is 2.65. The molecule has 0 saturated carbocycles. The molecule has 2 aromatic carbocycles. The molecule has 0 atom stereocenters. The van der Waals surface area contributed by atoms with Crippen LogP contribution < -0.4 is 4.90 Å². The molecule has 0 radical (unpaired) electrons. The van der Waals surface area contributed by atoms with Gasteiger partial charge in [0.05, 0.1) is 11.6 Å². The number of nitriles is 1. The van der Waals surface area contributed by atoms with Gasteiger partial charge >= 0.3 is 5.97 Å². The lowest BCUT2D eigenvalue weighted by Gasteiger charge is -2.28. The molecule has 20 heavy (non-hydrogen) atoms. The van der Waals surface area contributed by atoms with Gasteiger partial charge in [0.1, 0.15) is 6.54 Å². The second kappa shape index (κ2) is 5.62. The van der Waals surface area contributed by atoms with Crippen molar-refractivity contribution < 1.29 is 9.90 Å². The number of fused-ring (bicyclic) bond motifs is 1. The molecule has 2 aromatic rings. The van der Waals surface area contributed by atoms with E-state index in [0.717, 1.165) is 16.5 Å². The summed E-state index contributed by atoms with van der Waals surface area (Å²) in [4.78, 5) is 12.9. The number of nitrogens with zero attached hydrogens (tertiary/aromatic N) is 2. The number of carboxylic acid groups (broad SMARTS) is 1. The Morgan fingerprint density at radius 3 is 2.45 bits per heavy atom. The SMILES string of the molecule is CC(C)N(CC(=O)O)c1ccc(C#N)c2ccccc12. The fraction of sp³-hybridized carbons (Fsp3) is 0.250. The van der Waals surface area contributed by atoms with E-state index in [-0.39, 0.29) is 12.6 Å². The smallest absolute Gasteiger partial charge is 0.323 e. The van der Waals surface area contributed by atoms with Gasteiger partial charge in [-0.25, -0.2) is 0 Å². The van der Waals surface area contributed by atoms with E-state index in [4.69, 9.17) is 10.4 Å². The number of aliphatic carboxylic acids is 1. The van der Waals surface area contributed by atoms with Crippen molar-refractivity contribution in [3.8, 4) is 6.07 Å². The van der Waals surface area contributed by atoms with Gasteiger partial charge in [0.2, 0.25) is 0 Å². The van der Waals surface area contributed by atoms with Gasteiger partial charge < -0.3 is 10.0 Å². The van der Waals surface area contributed by atoms with E-state index in [2.05, 4.69) is 6.07 Å². The van der Waals surface area contributed by atoms with Crippen molar-refractivity contribution in [2.45, 2.75) is 19.9 Å². The predicted octanol–water partition coefficient (Wildman–Crippen LogP) is 3.01. The summed E-state index contributed by atoms with van der Waals surface area (Å²) in [5.41, 5.74) is 1.44. The standard InChI is InChI=1S/C16H16N2O2/c1-11(2)18(10-16(19)20)15-8-7-12(9-17)13-5-3-4-6-14(13)15/h3-8,11H,10H2,1-2H3,(H,19,20). The van der Waals surface area contributed by atoms with E-state index in [0.29, 0.717) is 5.56 Å². The normalized spacial score (nSPS) is 10.5. The van der Waals surface area contributed by atoms with Crippen molar-refractivity contribution >= 4 is 22.4 Å². The summed E-state index contributed by atoms with van der Waals surface area (Å²) in [6, 6.07) is 13.4. The van der Waals surface area contributed by atoms with E-state index in [1.165, 1.54) is 0 Å². The average Bonchev–Trinajstić information content (AvgIpc) is 2.43. The van der Waals surface area contributed by atoms with Gasteiger partial charge in [-0.05, 0) is 26.0 Å². The molecule has 0 bridgehead atoms. The van der Waals surface area contributed by atoms with E-state index in [1.807, 2.05) is 49.1 Å². The molecule has 0 aromatic heterocycles. The molecule has 4 heteroatoms. The van der Waals surface area contributed by atoms with Crippen LogP contribution >= 0.6 is 0 Å².